The van der Waals surface area contributed by atoms with E-state index in [0.717, 1.165) is 10.9 Å². The Morgan fingerprint density at radius 2 is 2.07 bits per heavy atom. The molecule has 0 spiro atoms. The van der Waals surface area contributed by atoms with Crippen molar-refractivity contribution in [2.45, 2.75) is 33.1 Å². The SMILES string of the molecule is CCOc1cc(C=Nn2c([C@@H](C)CC)nc3ccc(Br)cc3c2=O)ccc1O. The van der Waals surface area contributed by atoms with Gasteiger partial charge >= 0.3 is 0 Å². The molecule has 2 aromatic carbocycles. The first-order valence-electron chi connectivity index (χ1n) is 9.17. The van der Waals surface area contributed by atoms with E-state index < -0.39 is 0 Å². The van der Waals surface area contributed by atoms with Crippen LogP contribution < -0.4 is 10.3 Å². The number of aromatic hydroxyl groups is 1. The van der Waals surface area contributed by atoms with Gasteiger partial charge in [0.1, 0.15) is 5.82 Å². The Bertz CT molecular complexity index is 1090. The Morgan fingerprint density at radius 3 is 2.79 bits per heavy atom. The monoisotopic (exact) mass is 443 g/mol. The molecule has 146 valence electrons. The maximum absolute atomic E-state index is 13.1. The van der Waals surface area contributed by atoms with Crippen LogP contribution in [0.3, 0.4) is 0 Å². The van der Waals surface area contributed by atoms with Gasteiger partial charge < -0.3 is 9.84 Å². The molecule has 1 atom stereocenters. The first kappa shape index (κ1) is 20.1. The maximum atomic E-state index is 13.1. The fourth-order valence-electron chi connectivity index (χ4n) is 2.79. The van der Waals surface area contributed by atoms with Gasteiger partial charge in [-0.05, 0) is 55.3 Å². The highest BCUT2D eigenvalue weighted by Crippen LogP contribution is 2.26. The molecule has 28 heavy (non-hydrogen) atoms. The van der Waals surface area contributed by atoms with Gasteiger partial charge in [0.05, 0.1) is 23.7 Å². The highest BCUT2D eigenvalue weighted by Gasteiger charge is 2.15. The molecular weight excluding hydrogens is 422 g/mol. The summed E-state index contributed by atoms with van der Waals surface area (Å²) in [5.41, 5.74) is 1.14. The molecule has 1 heterocycles. The standard InChI is InChI=1S/C21H22BrN3O3/c1-4-13(3)20-24-17-8-7-15(22)11-16(17)21(27)25(20)23-12-14-6-9-18(26)19(10-14)28-5-2/h6-13,26H,4-5H2,1-3H3/t13-/m0/s1. The molecule has 7 heteroatoms. The molecule has 0 fully saturated rings. The second-order valence-corrected chi connectivity index (χ2v) is 7.38. The maximum Gasteiger partial charge on any atom is 0.282 e. The van der Waals surface area contributed by atoms with Crippen molar-refractivity contribution in [3.8, 4) is 11.5 Å². The number of hydrogen-bond donors (Lipinski definition) is 1. The number of aromatic nitrogens is 2. The summed E-state index contributed by atoms with van der Waals surface area (Å²) in [6.07, 6.45) is 2.40. The van der Waals surface area contributed by atoms with Crippen molar-refractivity contribution in [3.05, 3.63) is 62.6 Å². The molecule has 3 rings (SSSR count). The number of phenols is 1. The van der Waals surface area contributed by atoms with Gasteiger partial charge in [-0.25, -0.2) is 4.98 Å². The van der Waals surface area contributed by atoms with E-state index in [-0.39, 0.29) is 17.2 Å². The number of benzene rings is 2. The minimum Gasteiger partial charge on any atom is -0.504 e. The van der Waals surface area contributed by atoms with Gasteiger partial charge in [-0.2, -0.15) is 9.78 Å². The van der Waals surface area contributed by atoms with Crippen LogP contribution in [0.4, 0.5) is 0 Å². The van der Waals surface area contributed by atoms with Crippen molar-refractivity contribution in [2.24, 2.45) is 5.10 Å². The Morgan fingerprint density at radius 1 is 1.29 bits per heavy atom. The minimum atomic E-state index is -0.221. The summed E-state index contributed by atoms with van der Waals surface area (Å²) in [5.74, 6) is 1.12. The number of hydrogen-bond acceptors (Lipinski definition) is 5. The largest absolute Gasteiger partial charge is 0.504 e. The van der Waals surface area contributed by atoms with Crippen LogP contribution in [0.25, 0.3) is 10.9 Å². The van der Waals surface area contributed by atoms with Crippen LogP contribution in [0.15, 0.2) is 50.8 Å². The third kappa shape index (κ3) is 4.09. The van der Waals surface area contributed by atoms with Crippen LogP contribution in [0.1, 0.15) is 44.5 Å². The minimum absolute atomic E-state index is 0.0636. The van der Waals surface area contributed by atoms with Crippen LogP contribution in [0.5, 0.6) is 11.5 Å². The summed E-state index contributed by atoms with van der Waals surface area (Å²) >= 11 is 3.41. The molecule has 0 unspecified atom stereocenters. The van der Waals surface area contributed by atoms with Crippen molar-refractivity contribution >= 4 is 33.0 Å². The second-order valence-electron chi connectivity index (χ2n) is 6.46. The first-order valence-corrected chi connectivity index (χ1v) is 9.96. The number of ether oxygens (including phenoxy) is 1. The molecule has 1 N–H and O–H groups in total. The molecule has 6 nitrogen and oxygen atoms in total. The molecule has 3 aromatic rings. The molecule has 1 aromatic heterocycles. The average molecular weight is 444 g/mol. The van der Waals surface area contributed by atoms with E-state index in [1.807, 2.05) is 32.9 Å². The lowest BCUT2D eigenvalue weighted by Crippen LogP contribution is -2.23. The van der Waals surface area contributed by atoms with Crippen molar-refractivity contribution in [3.63, 3.8) is 0 Å². The van der Waals surface area contributed by atoms with Gasteiger partial charge in [0.2, 0.25) is 0 Å². The molecule has 0 saturated heterocycles. The van der Waals surface area contributed by atoms with Crippen molar-refractivity contribution < 1.29 is 9.84 Å². The summed E-state index contributed by atoms with van der Waals surface area (Å²) in [7, 11) is 0. The summed E-state index contributed by atoms with van der Waals surface area (Å²) < 4.78 is 7.57. The molecule has 0 saturated carbocycles. The fraction of sp³-hybridized carbons (Fsp3) is 0.286. The molecule has 0 bridgehead atoms. The van der Waals surface area contributed by atoms with E-state index >= 15 is 0 Å². The predicted octanol–water partition coefficient (Wildman–Crippen LogP) is 4.66. The van der Waals surface area contributed by atoms with Crippen molar-refractivity contribution in [2.75, 3.05) is 6.61 Å². The molecule has 0 radical (unpaired) electrons. The normalized spacial score (nSPS) is 12.6. The number of phenolic OH excluding ortho intramolecular Hbond substituents is 1. The Balaban J connectivity index is 2.13. The lowest BCUT2D eigenvalue weighted by molar-refractivity contribution is 0.318. The van der Waals surface area contributed by atoms with Gasteiger partial charge in [0.15, 0.2) is 11.5 Å². The quantitative estimate of drug-likeness (QED) is 0.562. The zero-order valence-corrected chi connectivity index (χ0v) is 17.6. The molecule has 0 amide bonds. The third-order valence-electron chi connectivity index (χ3n) is 4.49. The van der Waals surface area contributed by atoms with Crippen LogP contribution in [-0.2, 0) is 0 Å². The van der Waals surface area contributed by atoms with Gasteiger partial charge in [0.25, 0.3) is 5.56 Å². The lowest BCUT2D eigenvalue weighted by atomic mass is 10.1. The second kappa shape index (κ2) is 8.56. The van der Waals surface area contributed by atoms with E-state index in [1.165, 1.54) is 4.68 Å². The van der Waals surface area contributed by atoms with Crippen molar-refractivity contribution in [1.29, 1.82) is 0 Å². The number of rotatable bonds is 6. The molecule has 0 aliphatic carbocycles. The molecule has 0 aliphatic heterocycles. The highest BCUT2D eigenvalue weighted by atomic mass is 79.9. The van der Waals surface area contributed by atoms with Crippen LogP contribution in [0, 0.1) is 0 Å². The van der Waals surface area contributed by atoms with Gasteiger partial charge in [-0.15, -0.1) is 0 Å². The van der Waals surface area contributed by atoms with Gasteiger partial charge in [-0.3, -0.25) is 4.79 Å². The topological polar surface area (TPSA) is 76.7 Å². The fourth-order valence-corrected chi connectivity index (χ4v) is 3.15. The van der Waals surface area contributed by atoms with E-state index in [1.54, 1.807) is 30.5 Å². The Labute approximate surface area is 171 Å². The number of halogens is 1. The van der Waals surface area contributed by atoms with E-state index in [9.17, 15) is 9.90 Å². The van der Waals surface area contributed by atoms with Gasteiger partial charge in [-0.1, -0.05) is 29.8 Å². The summed E-state index contributed by atoms with van der Waals surface area (Å²) in [6.45, 7) is 6.35. The summed E-state index contributed by atoms with van der Waals surface area (Å²) in [4.78, 5) is 17.8. The summed E-state index contributed by atoms with van der Waals surface area (Å²) in [5, 5.41) is 14.8. The Hall–Kier alpha value is -2.67. The summed E-state index contributed by atoms with van der Waals surface area (Å²) in [6, 6.07) is 10.4. The van der Waals surface area contributed by atoms with Gasteiger partial charge in [0, 0.05) is 10.4 Å². The zero-order valence-electron chi connectivity index (χ0n) is 16.0. The van der Waals surface area contributed by atoms with Crippen LogP contribution in [0.2, 0.25) is 0 Å². The smallest absolute Gasteiger partial charge is 0.282 e. The molecule has 0 aliphatic rings. The number of nitrogens with zero attached hydrogens (tertiary/aromatic N) is 3. The lowest BCUT2D eigenvalue weighted by Gasteiger charge is -2.14. The molecular formula is C21H22BrN3O3. The third-order valence-corrected chi connectivity index (χ3v) is 4.99. The van der Waals surface area contributed by atoms with Crippen LogP contribution in [-0.4, -0.2) is 27.6 Å². The number of fused-ring (bicyclic) bond motifs is 1. The predicted molar refractivity (Wildman–Crippen MR) is 115 cm³/mol. The Kier molecular flexibility index (Phi) is 6.14. The van der Waals surface area contributed by atoms with Crippen molar-refractivity contribution in [1.82, 2.24) is 9.66 Å². The van der Waals surface area contributed by atoms with E-state index in [4.69, 9.17) is 4.74 Å². The first-order chi connectivity index (χ1) is 13.4. The highest BCUT2D eigenvalue weighted by molar-refractivity contribution is 9.10. The average Bonchev–Trinajstić information content (AvgIpc) is 2.69. The zero-order chi connectivity index (χ0) is 20.3. The van der Waals surface area contributed by atoms with E-state index in [0.29, 0.717) is 34.6 Å². The van der Waals surface area contributed by atoms with Crippen LogP contribution >= 0.6 is 15.9 Å². The van der Waals surface area contributed by atoms with E-state index in [2.05, 4.69) is 26.0 Å².